The van der Waals surface area contributed by atoms with E-state index in [1.54, 1.807) is 24.3 Å². The summed E-state index contributed by atoms with van der Waals surface area (Å²) >= 11 is 0. The van der Waals surface area contributed by atoms with E-state index in [0.29, 0.717) is 17.0 Å². The molecule has 0 aliphatic rings. The first-order chi connectivity index (χ1) is 17.3. The highest BCUT2D eigenvalue weighted by molar-refractivity contribution is 6.00. The van der Waals surface area contributed by atoms with Gasteiger partial charge < -0.3 is 25.0 Å². The number of aryl methyl sites for hydroxylation is 1. The second-order valence-electron chi connectivity index (χ2n) is 8.05. The summed E-state index contributed by atoms with van der Waals surface area (Å²) in [5, 5.41) is 5.25. The Bertz CT molecular complexity index is 1230. The minimum absolute atomic E-state index is 0.0389. The monoisotopic (exact) mass is 493 g/mol. The minimum atomic E-state index is -0.530. The molecule has 0 heterocycles. The highest BCUT2D eigenvalue weighted by Gasteiger charge is 2.23. The molecular weight excluding hydrogens is 465 g/mol. The first kappa shape index (κ1) is 26.2. The Morgan fingerprint density at radius 1 is 0.917 bits per heavy atom. The normalized spacial score (nSPS) is 10.3. The molecule has 0 aliphatic heterocycles. The van der Waals surface area contributed by atoms with Gasteiger partial charge in [0.2, 0.25) is 11.8 Å². The van der Waals surface area contributed by atoms with E-state index in [4.69, 9.17) is 9.47 Å². The van der Waals surface area contributed by atoms with E-state index in [2.05, 4.69) is 10.6 Å². The highest BCUT2D eigenvalue weighted by Crippen LogP contribution is 2.26. The summed E-state index contributed by atoms with van der Waals surface area (Å²) in [5.74, 6) is -1.03. The lowest BCUT2D eigenvalue weighted by atomic mass is 10.1. The lowest BCUT2D eigenvalue weighted by molar-refractivity contribution is -0.124. The molecule has 0 saturated heterocycles. The molecule has 0 radical (unpaired) electrons. The quantitative estimate of drug-likeness (QED) is 0.450. The molecule has 2 N–H and O–H groups in total. The lowest BCUT2D eigenvalue weighted by Crippen LogP contribution is -2.42. The maximum absolute atomic E-state index is 13.4. The van der Waals surface area contributed by atoms with Crippen LogP contribution in [0.25, 0.3) is 0 Å². The molecule has 3 aromatic carbocycles. The van der Waals surface area contributed by atoms with Crippen LogP contribution in [0.2, 0.25) is 0 Å². The van der Waals surface area contributed by atoms with Gasteiger partial charge in [-0.3, -0.25) is 14.4 Å². The maximum atomic E-state index is 13.4. The van der Waals surface area contributed by atoms with Crippen molar-refractivity contribution >= 4 is 23.4 Å². The molecule has 9 heteroatoms. The van der Waals surface area contributed by atoms with Crippen molar-refractivity contribution in [2.45, 2.75) is 13.5 Å². The third-order valence-corrected chi connectivity index (χ3v) is 5.30. The molecule has 36 heavy (non-hydrogen) atoms. The molecule has 0 unspecified atom stereocenters. The van der Waals surface area contributed by atoms with Crippen LogP contribution in [0.1, 0.15) is 21.5 Å². The number of hydrogen-bond acceptors (Lipinski definition) is 5. The lowest BCUT2D eigenvalue weighted by Gasteiger charge is -2.23. The van der Waals surface area contributed by atoms with Gasteiger partial charge in [-0.15, -0.1) is 0 Å². The number of anilines is 1. The average molecular weight is 494 g/mol. The number of benzene rings is 3. The first-order valence-corrected chi connectivity index (χ1v) is 11.2. The molecule has 8 nitrogen and oxygen atoms in total. The van der Waals surface area contributed by atoms with Crippen molar-refractivity contribution in [2.75, 3.05) is 32.6 Å². The van der Waals surface area contributed by atoms with E-state index in [9.17, 15) is 18.8 Å². The van der Waals surface area contributed by atoms with Crippen LogP contribution in [-0.4, -0.2) is 49.9 Å². The van der Waals surface area contributed by atoms with E-state index >= 15 is 0 Å². The van der Waals surface area contributed by atoms with Crippen molar-refractivity contribution < 1.29 is 28.2 Å². The standard InChI is InChI=1S/C27H28FN3O5/c1-18-5-4-6-21(13-18)30-25(32)15-29-26(33)17-31(16-19-7-9-20(28)10-8-19)27(34)23-12-11-22(35-2)14-24(23)36-3/h4-14H,15-17H2,1-3H3,(H,29,33)(H,30,32). The summed E-state index contributed by atoms with van der Waals surface area (Å²) in [6, 6.07) is 17.6. The van der Waals surface area contributed by atoms with Crippen LogP contribution in [0, 0.1) is 12.7 Å². The number of nitrogens with one attached hydrogen (secondary N) is 2. The van der Waals surface area contributed by atoms with E-state index < -0.39 is 23.5 Å². The number of hydrogen-bond donors (Lipinski definition) is 2. The van der Waals surface area contributed by atoms with Crippen LogP contribution in [0.15, 0.2) is 66.7 Å². The largest absolute Gasteiger partial charge is 0.497 e. The van der Waals surface area contributed by atoms with E-state index in [1.165, 1.54) is 43.4 Å². The van der Waals surface area contributed by atoms with Crippen LogP contribution in [0.4, 0.5) is 10.1 Å². The van der Waals surface area contributed by atoms with Gasteiger partial charge in [0.15, 0.2) is 0 Å². The van der Waals surface area contributed by atoms with Crippen LogP contribution < -0.4 is 20.1 Å². The van der Waals surface area contributed by atoms with E-state index in [1.807, 2.05) is 25.1 Å². The van der Waals surface area contributed by atoms with Gasteiger partial charge in [0.05, 0.1) is 26.3 Å². The second kappa shape index (κ2) is 12.3. The SMILES string of the molecule is COc1ccc(C(=O)N(CC(=O)NCC(=O)Nc2cccc(C)c2)Cc2ccc(F)cc2)c(OC)c1. The summed E-state index contributed by atoms with van der Waals surface area (Å²) in [5.41, 5.74) is 2.46. The molecule has 0 atom stereocenters. The van der Waals surface area contributed by atoms with Gasteiger partial charge in [-0.05, 0) is 54.4 Å². The fraction of sp³-hybridized carbons (Fsp3) is 0.222. The fourth-order valence-electron chi connectivity index (χ4n) is 3.49. The zero-order valence-corrected chi connectivity index (χ0v) is 20.3. The van der Waals surface area contributed by atoms with E-state index in [0.717, 1.165) is 5.56 Å². The number of methoxy groups -OCH3 is 2. The molecule has 3 amide bonds. The maximum Gasteiger partial charge on any atom is 0.258 e. The Morgan fingerprint density at radius 3 is 2.33 bits per heavy atom. The topological polar surface area (TPSA) is 97.0 Å². The van der Waals surface area contributed by atoms with Gasteiger partial charge in [-0.25, -0.2) is 4.39 Å². The van der Waals surface area contributed by atoms with Crippen molar-refractivity contribution in [3.8, 4) is 11.5 Å². The number of nitrogens with zero attached hydrogens (tertiary/aromatic N) is 1. The summed E-state index contributed by atoms with van der Waals surface area (Å²) in [6.45, 7) is 1.35. The zero-order chi connectivity index (χ0) is 26.1. The van der Waals surface area contributed by atoms with Gasteiger partial charge >= 0.3 is 0 Å². The van der Waals surface area contributed by atoms with Crippen LogP contribution >= 0.6 is 0 Å². The van der Waals surface area contributed by atoms with Gasteiger partial charge in [0, 0.05) is 18.3 Å². The molecule has 0 fully saturated rings. The molecule has 3 aromatic rings. The number of halogens is 1. The first-order valence-electron chi connectivity index (χ1n) is 11.2. The third-order valence-electron chi connectivity index (χ3n) is 5.30. The number of rotatable bonds is 10. The molecule has 0 aromatic heterocycles. The van der Waals surface area contributed by atoms with Gasteiger partial charge in [-0.2, -0.15) is 0 Å². The van der Waals surface area contributed by atoms with E-state index in [-0.39, 0.29) is 30.9 Å². The number of ether oxygens (including phenoxy) is 2. The number of amides is 3. The fourth-order valence-corrected chi connectivity index (χ4v) is 3.49. The Kier molecular flexibility index (Phi) is 8.99. The predicted octanol–water partition coefficient (Wildman–Crippen LogP) is 3.55. The number of carbonyl (C=O) groups is 3. The smallest absolute Gasteiger partial charge is 0.258 e. The molecule has 0 aliphatic carbocycles. The predicted molar refractivity (Wildman–Crippen MR) is 134 cm³/mol. The number of carbonyl (C=O) groups excluding carboxylic acids is 3. The van der Waals surface area contributed by atoms with Crippen molar-refractivity contribution in [1.82, 2.24) is 10.2 Å². The van der Waals surface area contributed by atoms with Gasteiger partial charge in [-0.1, -0.05) is 24.3 Å². The Balaban J connectivity index is 1.72. The summed E-state index contributed by atoms with van der Waals surface area (Å²) < 4.78 is 23.9. The third kappa shape index (κ3) is 7.30. The molecule has 0 saturated carbocycles. The van der Waals surface area contributed by atoms with Gasteiger partial charge in [0.25, 0.3) is 5.91 Å². The molecule has 0 spiro atoms. The van der Waals surface area contributed by atoms with Crippen molar-refractivity contribution in [1.29, 1.82) is 0 Å². The Labute approximate surface area is 209 Å². The average Bonchev–Trinajstić information content (AvgIpc) is 2.87. The van der Waals surface area contributed by atoms with Crippen LogP contribution in [0.5, 0.6) is 11.5 Å². The van der Waals surface area contributed by atoms with Crippen molar-refractivity contribution in [3.05, 3.63) is 89.2 Å². The van der Waals surface area contributed by atoms with Crippen molar-refractivity contribution in [2.24, 2.45) is 0 Å². The van der Waals surface area contributed by atoms with Gasteiger partial charge in [0.1, 0.15) is 23.9 Å². The van der Waals surface area contributed by atoms with Crippen LogP contribution in [-0.2, 0) is 16.1 Å². The Morgan fingerprint density at radius 2 is 1.67 bits per heavy atom. The van der Waals surface area contributed by atoms with Crippen molar-refractivity contribution in [3.63, 3.8) is 0 Å². The second-order valence-corrected chi connectivity index (χ2v) is 8.05. The molecule has 188 valence electrons. The molecule has 3 rings (SSSR count). The zero-order valence-electron chi connectivity index (χ0n) is 20.3. The summed E-state index contributed by atoms with van der Waals surface area (Å²) in [7, 11) is 2.92. The molecule has 0 bridgehead atoms. The minimum Gasteiger partial charge on any atom is -0.497 e. The summed E-state index contributed by atoms with van der Waals surface area (Å²) in [6.07, 6.45) is 0. The molecular formula is C27H28FN3O5. The highest BCUT2D eigenvalue weighted by atomic mass is 19.1. The van der Waals surface area contributed by atoms with Crippen LogP contribution in [0.3, 0.4) is 0 Å². The Hall–Kier alpha value is -4.40. The summed E-state index contributed by atoms with van der Waals surface area (Å²) in [4.78, 5) is 39.7.